The maximum atomic E-state index is 13.1. The number of hydrogen-bond acceptors (Lipinski definition) is 15. The van der Waals surface area contributed by atoms with Crippen LogP contribution in [0.2, 0.25) is 0 Å². The lowest BCUT2D eigenvalue weighted by Gasteiger charge is -2.21. The summed E-state index contributed by atoms with van der Waals surface area (Å²) in [6.07, 6.45) is 62.8. The molecule has 17 nitrogen and oxygen atoms in total. The van der Waals surface area contributed by atoms with Gasteiger partial charge in [-0.1, -0.05) is 382 Å². The molecule has 0 fully saturated rings. The number of esters is 4. The van der Waals surface area contributed by atoms with Gasteiger partial charge >= 0.3 is 39.5 Å². The van der Waals surface area contributed by atoms with Crippen molar-refractivity contribution in [3.05, 3.63) is 0 Å². The molecule has 0 saturated heterocycles. The largest absolute Gasteiger partial charge is 0.472 e. The van der Waals surface area contributed by atoms with E-state index in [2.05, 4.69) is 48.5 Å². The number of unbranched alkanes of at least 4 members (excludes halogenated alkanes) is 47. The normalized spacial score (nSPS) is 14.5. The first kappa shape index (κ1) is 100. The fraction of sp³-hybridized carbons (Fsp3) is 0.952. The molecule has 19 heteroatoms. The highest BCUT2D eigenvalue weighted by Gasteiger charge is 2.30. The summed E-state index contributed by atoms with van der Waals surface area (Å²) < 4.78 is 68.6. The van der Waals surface area contributed by atoms with E-state index in [4.69, 9.17) is 37.0 Å². The third kappa shape index (κ3) is 73.6. The Kier molecular flexibility index (Phi) is 71.8. The summed E-state index contributed by atoms with van der Waals surface area (Å²) in [6.45, 7) is 12.0. The monoisotopic (exact) mass is 1490 g/mol. The van der Waals surface area contributed by atoms with Crippen LogP contribution in [0.1, 0.15) is 434 Å². The maximum absolute atomic E-state index is 13.1. The van der Waals surface area contributed by atoms with Gasteiger partial charge in [0, 0.05) is 25.7 Å². The van der Waals surface area contributed by atoms with Gasteiger partial charge in [0.2, 0.25) is 0 Å². The number of carbonyl (C=O) groups is 4. The van der Waals surface area contributed by atoms with Crippen LogP contribution in [0.3, 0.4) is 0 Å². The molecule has 3 N–H and O–H groups in total. The van der Waals surface area contributed by atoms with Crippen LogP contribution in [0.4, 0.5) is 0 Å². The third-order valence-electron chi connectivity index (χ3n) is 20.1. The molecule has 0 saturated carbocycles. The van der Waals surface area contributed by atoms with Crippen molar-refractivity contribution >= 4 is 39.5 Å². The van der Waals surface area contributed by atoms with Gasteiger partial charge in [0.1, 0.15) is 19.3 Å². The van der Waals surface area contributed by atoms with Crippen LogP contribution in [0.15, 0.2) is 0 Å². The minimum absolute atomic E-state index is 0.103. The first-order valence-electron chi connectivity index (χ1n) is 42.9. The predicted molar refractivity (Wildman–Crippen MR) is 418 cm³/mol. The highest BCUT2D eigenvalue weighted by molar-refractivity contribution is 7.47. The van der Waals surface area contributed by atoms with E-state index in [1.807, 2.05) is 0 Å². The van der Waals surface area contributed by atoms with E-state index in [0.717, 1.165) is 108 Å². The summed E-state index contributed by atoms with van der Waals surface area (Å²) in [5, 5.41) is 10.6. The Bertz CT molecular complexity index is 1980. The highest BCUT2D eigenvalue weighted by atomic mass is 31.2. The molecule has 0 bridgehead atoms. The Hall–Kier alpha value is -1.94. The topological polar surface area (TPSA) is 237 Å². The number of rotatable bonds is 81. The third-order valence-corrected chi connectivity index (χ3v) is 22.0. The number of ether oxygens (including phenoxy) is 4. The van der Waals surface area contributed by atoms with Crippen molar-refractivity contribution < 1.29 is 80.2 Å². The SMILES string of the molecule is CCCCCCCCCCC(=O)OC[C@H](COP(=O)(O)OC[C@H](O)COP(=O)(O)OC[C@@H](COC(=O)CCCCCCCCCCCCCCCCCCCCC(C)CC)OC(=O)CCCCCCCCCCCCCCCCCCCCC(C)CC)OC(=O)CCCCCCCCCC(C)C. The first-order chi connectivity index (χ1) is 49.3. The molecule has 0 rings (SSSR count). The molecule has 102 heavy (non-hydrogen) atoms. The van der Waals surface area contributed by atoms with Crippen molar-refractivity contribution in [1.82, 2.24) is 0 Å². The van der Waals surface area contributed by atoms with Crippen molar-refractivity contribution in [2.24, 2.45) is 17.8 Å². The molecule has 0 aromatic carbocycles. The van der Waals surface area contributed by atoms with Gasteiger partial charge in [0.15, 0.2) is 12.2 Å². The minimum Gasteiger partial charge on any atom is -0.462 e. The molecule has 0 amide bonds. The summed E-state index contributed by atoms with van der Waals surface area (Å²) in [6, 6.07) is 0. The Labute approximate surface area is 626 Å². The molecule has 0 radical (unpaired) electrons. The Balaban J connectivity index is 5.14. The minimum atomic E-state index is -4.96. The predicted octanol–water partition coefficient (Wildman–Crippen LogP) is 24.9. The lowest BCUT2D eigenvalue weighted by molar-refractivity contribution is -0.161. The van der Waals surface area contributed by atoms with E-state index >= 15 is 0 Å². The summed E-state index contributed by atoms with van der Waals surface area (Å²) >= 11 is 0. The second kappa shape index (κ2) is 73.2. The Morgan fingerprint density at radius 3 is 0.745 bits per heavy atom. The molecule has 0 spiro atoms. The van der Waals surface area contributed by atoms with Crippen LogP contribution in [-0.4, -0.2) is 96.7 Å². The number of hydrogen-bond donors (Lipinski definition) is 3. The fourth-order valence-corrected chi connectivity index (χ4v) is 14.4. The number of phosphoric acid groups is 2. The van der Waals surface area contributed by atoms with Crippen molar-refractivity contribution in [3.8, 4) is 0 Å². The van der Waals surface area contributed by atoms with Crippen molar-refractivity contribution in [3.63, 3.8) is 0 Å². The first-order valence-corrected chi connectivity index (χ1v) is 45.9. The van der Waals surface area contributed by atoms with E-state index in [1.54, 1.807) is 0 Å². The molecule has 7 atom stereocenters. The number of aliphatic hydroxyl groups is 1. The van der Waals surface area contributed by atoms with Crippen LogP contribution in [0.5, 0.6) is 0 Å². The summed E-state index contributed by atoms with van der Waals surface area (Å²) in [5.41, 5.74) is 0. The fourth-order valence-electron chi connectivity index (χ4n) is 12.8. The average molecular weight is 1490 g/mol. The van der Waals surface area contributed by atoms with E-state index in [-0.39, 0.29) is 25.7 Å². The van der Waals surface area contributed by atoms with Gasteiger partial charge in [0.25, 0.3) is 0 Å². The lowest BCUT2D eigenvalue weighted by Crippen LogP contribution is -2.30. The van der Waals surface area contributed by atoms with E-state index in [1.165, 1.54) is 238 Å². The molecule has 0 aliphatic heterocycles. The van der Waals surface area contributed by atoms with Gasteiger partial charge in [-0.2, -0.15) is 0 Å². The smallest absolute Gasteiger partial charge is 0.462 e. The summed E-state index contributed by atoms with van der Waals surface area (Å²) in [4.78, 5) is 72.9. The number of aliphatic hydroxyl groups excluding tert-OH is 1. The average Bonchev–Trinajstić information content (AvgIpc) is 0.920. The summed E-state index contributed by atoms with van der Waals surface area (Å²) in [5.74, 6) is 0.325. The van der Waals surface area contributed by atoms with Crippen molar-refractivity contribution in [1.29, 1.82) is 0 Å². The van der Waals surface area contributed by atoms with Crippen LogP contribution in [-0.2, 0) is 65.4 Å². The molecule has 606 valence electrons. The lowest BCUT2D eigenvalue weighted by atomic mass is 9.99. The van der Waals surface area contributed by atoms with Gasteiger partial charge in [-0.25, -0.2) is 9.13 Å². The van der Waals surface area contributed by atoms with Crippen molar-refractivity contribution in [2.75, 3.05) is 39.6 Å². The van der Waals surface area contributed by atoms with E-state index in [0.29, 0.717) is 31.6 Å². The molecule has 4 unspecified atom stereocenters. The molecular formula is C83H162O17P2. The van der Waals surface area contributed by atoms with Gasteiger partial charge in [-0.05, 0) is 43.4 Å². The van der Waals surface area contributed by atoms with E-state index in [9.17, 15) is 43.2 Å². The van der Waals surface area contributed by atoms with Gasteiger partial charge in [-0.3, -0.25) is 37.3 Å². The van der Waals surface area contributed by atoms with Gasteiger partial charge in [-0.15, -0.1) is 0 Å². The Morgan fingerprint density at radius 1 is 0.284 bits per heavy atom. The highest BCUT2D eigenvalue weighted by Crippen LogP contribution is 2.45. The zero-order chi connectivity index (χ0) is 75.1. The quantitative estimate of drug-likeness (QED) is 0.0222. The second-order valence-electron chi connectivity index (χ2n) is 30.8. The summed E-state index contributed by atoms with van der Waals surface area (Å²) in [7, 11) is -9.91. The van der Waals surface area contributed by atoms with Crippen LogP contribution in [0.25, 0.3) is 0 Å². The second-order valence-corrected chi connectivity index (χ2v) is 33.7. The van der Waals surface area contributed by atoms with E-state index < -0.39 is 97.5 Å². The molecule has 0 aromatic rings. The molecule has 0 aliphatic rings. The van der Waals surface area contributed by atoms with Crippen molar-refractivity contribution in [2.45, 2.75) is 452 Å². The number of phosphoric ester groups is 2. The maximum Gasteiger partial charge on any atom is 0.472 e. The number of carbonyl (C=O) groups excluding carboxylic acids is 4. The molecule has 0 aliphatic carbocycles. The van der Waals surface area contributed by atoms with Crippen LogP contribution >= 0.6 is 15.6 Å². The molecule has 0 aromatic heterocycles. The van der Waals surface area contributed by atoms with Gasteiger partial charge in [0.05, 0.1) is 26.4 Å². The van der Waals surface area contributed by atoms with Crippen LogP contribution in [0, 0.1) is 17.8 Å². The zero-order valence-corrected chi connectivity index (χ0v) is 68.9. The standard InChI is InChI=1S/C83H162O17P2/c1-8-11-12-13-14-43-50-57-64-80(85)93-70-79(100-83(88)67-60-53-46-39-40-47-54-61-74(4)5)73-98-102(91,92)96-69-77(84)68-95-101(89,90)97-72-78(99-82(87)66-59-52-45-38-34-30-26-22-18-16-20-24-28-32-36-42-49-56-63-76(7)10-3)71-94-81(86)65-58-51-44-37-33-29-25-21-17-15-19-23-27-31-35-41-48-55-62-75(6)9-2/h74-79,84H,8-73H2,1-7H3,(H,89,90)(H,91,92)/t75?,76?,77-,78-,79-/m1/s1. The molecular weight excluding hydrogens is 1330 g/mol. The van der Waals surface area contributed by atoms with Gasteiger partial charge < -0.3 is 33.8 Å². The zero-order valence-electron chi connectivity index (χ0n) is 67.1. The van der Waals surface area contributed by atoms with Crippen LogP contribution < -0.4 is 0 Å². The molecule has 0 heterocycles. The Morgan fingerprint density at radius 2 is 0.500 bits per heavy atom.